The average molecular weight is 455 g/mol. The zero-order valence-corrected chi connectivity index (χ0v) is 18.6. The molecule has 3 heterocycles. The van der Waals surface area contributed by atoms with E-state index in [1.165, 1.54) is 6.26 Å². The van der Waals surface area contributed by atoms with Crippen molar-refractivity contribution < 1.29 is 14.0 Å². The molecule has 1 aliphatic heterocycles. The standard InChI is InChI=1S/C24H17N5O3S/c1-14-15(2)27-22(17(11-25)21(14)19-9-6-10-32-19)28-23(31)18(12-26)24-29(13-20(30)33-24)16-7-4-3-5-8-16/h3-10H,13H2,1-2H3,(H,27,28,31)/b24-18-. The van der Waals surface area contributed by atoms with Gasteiger partial charge in [-0.3, -0.25) is 9.59 Å². The van der Waals surface area contributed by atoms with Crippen molar-refractivity contribution in [3.63, 3.8) is 0 Å². The summed E-state index contributed by atoms with van der Waals surface area (Å²) in [6.45, 7) is 3.61. The highest BCUT2D eigenvalue weighted by Gasteiger charge is 2.32. The summed E-state index contributed by atoms with van der Waals surface area (Å²) in [4.78, 5) is 31.3. The number of nitrogens with one attached hydrogen (secondary N) is 1. The first kappa shape index (κ1) is 21.9. The van der Waals surface area contributed by atoms with Crippen LogP contribution < -0.4 is 10.2 Å². The second kappa shape index (κ2) is 9.03. The van der Waals surface area contributed by atoms with E-state index in [1.54, 1.807) is 48.2 Å². The number of hydrogen-bond donors (Lipinski definition) is 1. The number of pyridine rings is 1. The van der Waals surface area contributed by atoms with E-state index >= 15 is 0 Å². The molecule has 0 atom stereocenters. The van der Waals surface area contributed by atoms with Gasteiger partial charge in [0.15, 0.2) is 5.82 Å². The summed E-state index contributed by atoms with van der Waals surface area (Å²) < 4.78 is 5.48. The number of anilines is 2. The molecule has 8 nitrogen and oxygen atoms in total. The molecule has 0 bridgehead atoms. The van der Waals surface area contributed by atoms with Gasteiger partial charge in [-0.15, -0.1) is 0 Å². The first-order valence-electron chi connectivity index (χ1n) is 9.88. The van der Waals surface area contributed by atoms with Crippen LogP contribution in [0.2, 0.25) is 0 Å². The molecule has 0 unspecified atom stereocenters. The second-order valence-electron chi connectivity index (χ2n) is 7.15. The Morgan fingerprint density at radius 1 is 1.18 bits per heavy atom. The number of rotatable bonds is 4. The monoisotopic (exact) mass is 455 g/mol. The lowest BCUT2D eigenvalue weighted by atomic mass is 10.00. The van der Waals surface area contributed by atoms with E-state index < -0.39 is 5.91 Å². The predicted octanol–water partition coefficient (Wildman–Crippen LogP) is 4.28. The maximum Gasteiger partial charge on any atom is 0.270 e. The Balaban J connectivity index is 1.77. The number of para-hydroxylation sites is 1. The van der Waals surface area contributed by atoms with E-state index in [9.17, 15) is 20.1 Å². The molecule has 2 aromatic heterocycles. The summed E-state index contributed by atoms with van der Waals surface area (Å²) in [5.74, 6) is -0.268. The first-order chi connectivity index (χ1) is 15.9. The topological polar surface area (TPSA) is 123 Å². The molecule has 1 aliphatic rings. The van der Waals surface area contributed by atoms with Gasteiger partial charge in [0.25, 0.3) is 5.91 Å². The molecule has 1 fully saturated rings. The molecular formula is C24H17N5O3S. The summed E-state index contributed by atoms with van der Waals surface area (Å²) in [7, 11) is 0. The molecule has 1 saturated heterocycles. The van der Waals surface area contributed by atoms with Gasteiger partial charge in [-0.05, 0) is 55.4 Å². The fraction of sp³-hybridized carbons (Fsp3) is 0.125. The number of aromatic nitrogens is 1. The van der Waals surface area contributed by atoms with Crippen LogP contribution in [0.4, 0.5) is 11.5 Å². The largest absolute Gasteiger partial charge is 0.464 e. The summed E-state index contributed by atoms with van der Waals surface area (Å²) in [5, 5.41) is 22.3. The van der Waals surface area contributed by atoms with Crippen LogP contribution >= 0.6 is 11.8 Å². The number of nitriles is 2. The summed E-state index contributed by atoms with van der Waals surface area (Å²) in [5.41, 5.74) is 2.43. The zero-order valence-electron chi connectivity index (χ0n) is 17.7. The van der Waals surface area contributed by atoms with Crippen molar-refractivity contribution >= 4 is 34.3 Å². The van der Waals surface area contributed by atoms with Crippen molar-refractivity contribution in [2.75, 3.05) is 16.8 Å². The smallest absolute Gasteiger partial charge is 0.270 e. The number of carbonyl (C=O) groups excluding carboxylic acids is 2. The van der Waals surface area contributed by atoms with Gasteiger partial charge in [0.1, 0.15) is 34.1 Å². The fourth-order valence-electron chi connectivity index (χ4n) is 3.49. The van der Waals surface area contributed by atoms with Gasteiger partial charge in [-0.1, -0.05) is 18.2 Å². The van der Waals surface area contributed by atoms with E-state index in [0.717, 1.165) is 17.3 Å². The molecule has 0 saturated carbocycles. The molecule has 0 radical (unpaired) electrons. The number of carbonyl (C=O) groups is 2. The van der Waals surface area contributed by atoms with Crippen molar-refractivity contribution in [3.8, 4) is 23.5 Å². The second-order valence-corrected chi connectivity index (χ2v) is 8.20. The van der Waals surface area contributed by atoms with Crippen molar-refractivity contribution in [1.29, 1.82) is 10.5 Å². The minimum atomic E-state index is -0.756. The lowest BCUT2D eigenvalue weighted by Crippen LogP contribution is -2.24. The third kappa shape index (κ3) is 4.10. The van der Waals surface area contributed by atoms with Crippen LogP contribution in [0.15, 0.2) is 63.7 Å². The van der Waals surface area contributed by atoms with E-state index in [-0.39, 0.29) is 33.6 Å². The minimum absolute atomic E-state index is 0.0194. The van der Waals surface area contributed by atoms with Crippen LogP contribution in [0.25, 0.3) is 11.3 Å². The number of hydrogen-bond acceptors (Lipinski definition) is 8. The normalized spacial score (nSPS) is 14.5. The van der Waals surface area contributed by atoms with Gasteiger partial charge >= 0.3 is 0 Å². The Labute approximate surface area is 194 Å². The van der Waals surface area contributed by atoms with Crippen LogP contribution in [0.3, 0.4) is 0 Å². The zero-order chi connectivity index (χ0) is 23.5. The summed E-state index contributed by atoms with van der Waals surface area (Å²) in [6.07, 6.45) is 1.49. The third-order valence-electron chi connectivity index (χ3n) is 5.16. The number of aryl methyl sites for hydroxylation is 1. The Morgan fingerprint density at radius 3 is 2.58 bits per heavy atom. The quantitative estimate of drug-likeness (QED) is 0.457. The highest BCUT2D eigenvalue weighted by molar-refractivity contribution is 8.17. The van der Waals surface area contributed by atoms with Crippen LogP contribution in [-0.4, -0.2) is 22.6 Å². The Hall–Kier alpha value is -4.34. The first-order valence-corrected chi connectivity index (χ1v) is 10.7. The number of benzene rings is 1. The van der Waals surface area contributed by atoms with E-state index in [2.05, 4.69) is 16.4 Å². The maximum absolute atomic E-state index is 13.2. The predicted molar refractivity (Wildman–Crippen MR) is 124 cm³/mol. The molecule has 1 aromatic carbocycles. The molecule has 33 heavy (non-hydrogen) atoms. The van der Waals surface area contributed by atoms with Crippen molar-refractivity contribution in [2.24, 2.45) is 0 Å². The van der Waals surface area contributed by atoms with Gasteiger partial charge in [-0.25, -0.2) is 4.98 Å². The molecule has 0 spiro atoms. The lowest BCUT2D eigenvalue weighted by Gasteiger charge is -2.19. The summed E-state index contributed by atoms with van der Waals surface area (Å²) in [6, 6.07) is 16.5. The third-order valence-corrected chi connectivity index (χ3v) is 6.13. The van der Waals surface area contributed by atoms with Gasteiger partial charge in [0.05, 0.1) is 12.8 Å². The number of nitrogens with zero attached hydrogens (tertiary/aromatic N) is 4. The Bertz CT molecular complexity index is 1370. The highest BCUT2D eigenvalue weighted by Crippen LogP contribution is 2.37. The molecule has 162 valence electrons. The van der Waals surface area contributed by atoms with Crippen LogP contribution in [0.1, 0.15) is 16.8 Å². The van der Waals surface area contributed by atoms with Gasteiger partial charge in [0, 0.05) is 16.9 Å². The average Bonchev–Trinajstić information content (AvgIpc) is 3.47. The molecule has 3 aromatic rings. The van der Waals surface area contributed by atoms with Crippen molar-refractivity contribution in [3.05, 3.63) is 76.2 Å². The van der Waals surface area contributed by atoms with Gasteiger partial charge in [-0.2, -0.15) is 10.5 Å². The minimum Gasteiger partial charge on any atom is -0.464 e. The molecule has 1 N–H and O–H groups in total. The van der Waals surface area contributed by atoms with Crippen molar-refractivity contribution in [2.45, 2.75) is 13.8 Å². The van der Waals surface area contributed by atoms with E-state index in [4.69, 9.17) is 4.42 Å². The Morgan fingerprint density at radius 2 is 1.94 bits per heavy atom. The molecule has 0 aliphatic carbocycles. The summed E-state index contributed by atoms with van der Waals surface area (Å²) >= 11 is 0.840. The molecular weight excluding hydrogens is 438 g/mol. The number of amides is 1. The Kier molecular flexibility index (Phi) is 5.99. The SMILES string of the molecule is Cc1nc(NC(=O)/C(C#N)=C2\SC(=O)CN2c2ccccc2)c(C#N)c(-c2ccco2)c1C. The lowest BCUT2D eigenvalue weighted by molar-refractivity contribution is -0.112. The maximum atomic E-state index is 13.2. The van der Waals surface area contributed by atoms with Crippen LogP contribution in [-0.2, 0) is 9.59 Å². The van der Waals surface area contributed by atoms with Crippen molar-refractivity contribution in [1.82, 2.24) is 4.98 Å². The fourth-order valence-corrected chi connectivity index (χ4v) is 4.42. The van der Waals surface area contributed by atoms with Crippen LogP contribution in [0.5, 0.6) is 0 Å². The van der Waals surface area contributed by atoms with E-state index in [1.807, 2.05) is 19.1 Å². The van der Waals surface area contributed by atoms with Gasteiger partial charge < -0.3 is 14.6 Å². The molecule has 4 rings (SSSR count). The molecule has 9 heteroatoms. The molecule has 1 amide bonds. The van der Waals surface area contributed by atoms with Gasteiger partial charge in [0.2, 0.25) is 5.12 Å². The number of furan rings is 1. The number of thioether (sulfide) groups is 1. The highest BCUT2D eigenvalue weighted by atomic mass is 32.2. The van der Waals surface area contributed by atoms with Crippen LogP contribution in [0, 0.1) is 36.5 Å². The van der Waals surface area contributed by atoms with E-state index in [0.29, 0.717) is 22.7 Å².